The molecule has 1 aromatic heterocycles. The number of rotatable bonds is 2. The van der Waals surface area contributed by atoms with E-state index in [9.17, 15) is 10.1 Å². The number of benzene rings is 1. The van der Waals surface area contributed by atoms with Gasteiger partial charge in [0.1, 0.15) is 5.82 Å². The lowest BCUT2D eigenvalue weighted by Gasteiger charge is -2.43. The molecular formula is C23H23N3OS. The normalized spacial score (nSPS) is 21.6. The largest absolute Gasteiger partial charge is 0.384 e. The van der Waals surface area contributed by atoms with Crippen LogP contribution >= 0.6 is 11.3 Å². The van der Waals surface area contributed by atoms with E-state index >= 15 is 0 Å². The van der Waals surface area contributed by atoms with E-state index in [0.29, 0.717) is 17.8 Å². The van der Waals surface area contributed by atoms with Gasteiger partial charge >= 0.3 is 0 Å². The third kappa shape index (κ3) is 2.94. The number of thiophene rings is 1. The number of carbonyl (C=O) groups is 1. The molecule has 0 saturated heterocycles. The average molecular weight is 390 g/mol. The zero-order valence-electron chi connectivity index (χ0n) is 16.3. The summed E-state index contributed by atoms with van der Waals surface area (Å²) in [6, 6.07) is 14.3. The number of ketones is 1. The van der Waals surface area contributed by atoms with E-state index in [4.69, 9.17) is 5.73 Å². The van der Waals surface area contributed by atoms with Crippen LogP contribution in [0.15, 0.2) is 64.4 Å². The van der Waals surface area contributed by atoms with Crippen LogP contribution in [0.25, 0.3) is 0 Å². The van der Waals surface area contributed by atoms with Gasteiger partial charge in [-0.1, -0.05) is 32.0 Å². The first-order valence-electron chi connectivity index (χ1n) is 9.38. The second-order valence-corrected chi connectivity index (χ2v) is 9.31. The van der Waals surface area contributed by atoms with E-state index in [0.717, 1.165) is 33.8 Å². The average Bonchev–Trinajstić information content (AvgIpc) is 3.14. The number of Topliss-reactive ketones (excluding diaryl/α,β-unsaturated/α-hetero) is 1. The second-order valence-electron chi connectivity index (χ2n) is 8.33. The molecule has 0 saturated carbocycles. The van der Waals surface area contributed by atoms with Crippen molar-refractivity contribution in [2.45, 2.75) is 39.5 Å². The molecule has 1 aliphatic heterocycles. The van der Waals surface area contributed by atoms with Crippen LogP contribution in [0.5, 0.6) is 0 Å². The fraction of sp³-hybridized carbons (Fsp3) is 0.304. The van der Waals surface area contributed by atoms with Crippen LogP contribution in [0.2, 0.25) is 0 Å². The highest BCUT2D eigenvalue weighted by atomic mass is 32.1. The number of anilines is 1. The number of hydrogen-bond acceptors (Lipinski definition) is 5. The van der Waals surface area contributed by atoms with Gasteiger partial charge in [-0.2, -0.15) is 5.26 Å². The lowest BCUT2D eigenvalue weighted by atomic mass is 9.69. The van der Waals surface area contributed by atoms with Crippen molar-refractivity contribution >= 4 is 22.8 Å². The first-order valence-corrected chi connectivity index (χ1v) is 10.3. The molecule has 0 bridgehead atoms. The third-order valence-electron chi connectivity index (χ3n) is 5.47. The minimum Gasteiger partial charge on any atom is -0.384 e. The van der Waals surface area contributed by atoms with Crippen molar-refractivity contribution < 1.29 is 4.79 Å². The molecule has 2 heterocycles. The van der Waals surface area contributed by atoms with E-state index in [1.807, 2.05) is 53.6 Å². The van der Waals surface area contributed by atoms with Gasteiger partial charge in [0.2, 0.25) is 0 Å². The molecule has 4 nitrogen and oxygen atoms in total. The fourth-order valence-electron chi connectivity index (χ4n) is 4.31. The second kappa shape index (κ2) is 6.65. The van der Waals surface area contributed by atoms with E-state index in [1.165, 1.54) is 0 Å². The Labute approximate surface area is 169 Å². The number of carbonyl (C=O) groups excluding carboxylic acids is 1. The Morgan fingerprint density at radius 1 is 1.25 bits per heavy atom. The molecule has 28 heavy (non-hydrogen) atoms. The van der Waals surface area contributed by atoms with E-state index < -0.39 is 0 Å². The number of nitrogens with two attached hydrogens (primary N) is 1. The molecule has 0 spiro atoms. The number of nitriles is 1. The minimum absolute atomic E-state index is 0.113. The monoisotopic (exact) mass is 389 g/mol. The van der Waals surface area contributed by atoms with Crippen molar-refractivity contribution in [3.63, 3.8) is 0 Å². The standard InChI is InChI=1S/C23H23N3OS/c1-14-6-4-7-15(10-14)26-17-11-23(2,3)12-18(27)21(17)20(16(13-24)22(26)25)19-8-5-9-28-19/h4-10,20H,11-12,25H2,1-3H3/t20-/m1/s1. The Hall–Kier alpha value is -2.84. The summed E-state index contributed by atoms with van der Waals surface area (Å²) in [6.45, 7) is 6.25. The lowest BCUT2D eigenvalue weighted by Crippen LogP contribution is -2.42. The SMILES string of the molecule is Cc1cccc(N2C(N)=C(C#N)[C@H](c3cccs3)C3=C2CC(C)(C)CC3=O)c1. The highest BCUT2D eigenvalue weighted by Gasteiger charge is 2.44. The van der Waals surface area contributed by atoms with Crippen molar-refractivity contribution in [1.82, 2.24) is 0 Å². The van der Waals surface area contributed by atoms with Gasteiger partial charge in [-0.25, -0.2) is 0 Å². The number of nitrogens with zero attached hydrogens (tertiary/aromatic N) is 2. The molecule has 142 valence electrons. The van der Waals surface area contributed by atoms with Crippen molar-refractivity contribution in [3.05, 3.63) is 74.9 Å². The molecule has 5 heteroatoms. The van der Waals surface area contributed by atoms with Gasteiger partial charge < -0.3 is 5.73 Å². The quantitative estimate of drug-likeness (QED) is 0.785. The van der Waals surface area contributed by atoms with Crippen LogP contribution in [0.4, 0.5) is 5.69 Å². The molecule has 1 aliphatic carbocycles. The Kier molecular flexibility index (Phi) is 4.40. The predicted octanol–water partition coefficient (Wildman–Crippen LogP) is 5.00. The molecule has 2 aromatic rings. The number of allylic oxidation sites excluding steroid dienone is 3. The number of hydrogen-bond donors (Lipinski definition) is 1. The van der Waals surface area contributed by atoms with Gasteiger partial charge in [0, 0.05) is 28.3 Å². The van der Waals surface area contributed by atoms with Crippen LogP contribution < -0.4 is 10.6 Å². The van der Waals surface area contributed by atoms with Gasteiger partial charge in [0.25, 0.3) is 0 Å². The summed E-state index contributed by atoms with van der Waals surface area (Å²) in [4.78, 5) is 16.2. The molecule has 2 aliphatic rings. The Morgan fingerprint density at radius 2 is 2.04 bits per heavy atom. The summed E-state index contributed by atoms with van der Waals surface area (Å²) in [7, 11) is 0. The zero-order chi connectivity index (χ0) is 20.1. The molecule has 0 radical (unpaired) electrons. The molecular weight excluding hydrogens is 366 g/mol. The Morgan fingerprint density at radius 3 is 2.68 bits per heavy atom. The first kappa shape index (κ1) is 18.5. The van der Waals surface area contributed by atoms with Gasteiger partial charge in [0.05, 0.1) is 17.6 Å². The van der Waals surface area contributed by atoms with Gasteiger partial charge in [0.15, 0.2) is 5.78 Å². The van der Waals surface area contributed by atoms with E-state index in [2.05, 4.69) is 19.9 Å². The summed E-state index contributed by atoms with van der Waals surface area (Å²) in [6.07, 6.45) is 1.22. The fourth-order valence-corrected chi connectivity index (χ4v) is 5.15. The van der Waals surface area contributed by atoms with E-state index in [1.54, 1.807) is 11.3 Å². The minimum atomic E-state index is -0.371. The Balaban J connectivity index is 2.00. The van der Waals surface area contributed by atoms with Crippen LogP contribution in [0.1, 0.15) is 43.0 Å². The zero-order valence-corrected chi connectivity index (χ0v) is 17.1. The maximum atomic E-state index is 13.3. The molecule has 1 atom stereocenters. The topological polar surface area (TPSA) is 70.1 Å². The summed E-state index contributed by atoms with van der Waals surface area (Å²) in [5.41, 5.74) is 10.6. The summed E-state index contributed by atoms with van der Waals surface area (Å²) < 4.78 is 0. The summed E-state index contributed by atoms with van der Waals surface area (Å²) in [5.74, 6) is 0.169. The van der Waals surface area contributed by atoms with E-state index in [-0.39, 0.29) is 17.1 Å². The molecule has 1 aromatic carbocycles. The highest BCUT2D eigenvalue weighted by Crippen LogP contribution is 2.50. The predicted molar refractivity (Wildman–Crippen MR) is 113 cm³/mol. The summed E-state index contributed by atoms with van der Waals surface area (Å²) >= 11 is 1.56. The van der Waals surface area contributed by atoms with Gasteiger partial charge in [-0.3, -0.25) is 9.69 Å². The van der Waals surface area contributed by atoms with Crippen LogP contribution in [-0.4, -0.2) is 5.78 Å². The van der Waals surface area contributed by atoms with Crippen molar-refractivity contribution in [3.8, 4) is 6.07 Å². The maximum Gasteiger partial charge on any atom is 0.162 e. The lowest BCUT2D eigenvalue weighted by molar-refractivity contribution is -0.118. The highest BCUT2D eigenvalue weighted by molar-refractivity contribution is 7.10. The molecule has 0 amide bonds. The van der Waals surface area contributed by atoms with Crippen molar-refractivity contribution in [2.24, 2.45) is 11.1 Å². The van der Waals surface area contributed by atoms with Crippen LogP contribution in [-0.2, 0) is 4.79 Å². The molecule has 0 unspecified atom stereocenters. The third-order valence-corrected chi connectivity index (χ3v) is 6.41. The van der Waals surface area contributed by atoms with Crippen LogP contribution in [0, 0.1) is 23.7 Å². The summed E-state index contributed by atoms with van der Waals surface area (Å²) in [5, 5.41) is 12.0. The molecule has 2 N–H and O–H groups in total. The maximum absolute atomic E-state index is 13.3. The smallest absolute Gasteiger partial charge is 0.162 e. The Bertz CT molecular complexity index is 1050. The van der Waals surface area contributed by atoms with Gasteiger partial charge in [-0.05, 0) is 47.9 Å². The van der Waals surface area contributed by atoms with Crippen LogP contribution in [0.3, 0.4) is 0 Å². The van der Waals surface area contributed by atoms with Gasteiger partial charge in [-0.15, -0.1) is 11.3 Å². The van der Waals surface area contributed by atoms with Crippen molar-refractivity contribution in [1.29, 1.82) is 5.26 Å². The molecule has 4 rings (SSSR count). The van der Waals surface area contributed by atoms with Crippen molar-refractivity contribution in [2.75, 3.05) is 4.90 Å². The first-order chi connectivity index (χ1) is 13.3. The number of aryl methyl sites for hydroxylation is 1. The molecule has 0 fully saturated rings.